The third kappa shape index (κ3) is 4.00. The fraction of sp³-hybridized carbons (Fsp3) is 0.278. The van der Waals surface area contributed by atoms with E-state index in [4.69, 9.17) is 10.00 Å². The van der Waals surface area contributed by atoms with Gasteiger partial charge in [-0.2, -0.15) is 5.26 Å². The molecule has 0 amide bonds. The molecule has 2 aromatic rings. The summed E-state index contributed by atoms with van der Waals surface area (Å²) in [6, 6.07) is 14.0. The third-order valence-corrected chi connectivity index (χ3v) is 3.47. The van der Waals surface area contributed by atoms with E-state index in [-0.39, 0.29) is 6.61 Å². The van der Waals surface area contributed by atoms with Crippen LogP contribution in [-0.2, 0) is 6.54 Å². The van der Waals surface area contributed by atoms with Crippen molar-refractivity contribution in [3.05, 3.63) is 58.7 Å². The summed E-state index contributed by atoms with van der Waals surface area (Å²) < 4.78 is 5.24. The van der Waals surface area contributed by atoms with Crippen LogP contribution in [0.5, 0.6) is 5.75 Å². The fourth-order valence-electron chi connectivity index (χ4n) is 2.46. The van der Waals surface area contributed by atoms with Crippen molar-refractivity contribution in [1.82, 2.24) is 0 Å². The van der Waals surface area contributed by atoms with Gasteiger partial charge in [0.1, 0.15) is 11.8 Å². The normalized spacial score (nSPS) is 10.0. The summed E-state index contributed by atoms with van der Waals surface area (Å²) in [5, 5.41) is 11.9. The van der Waals surface area contributed by atoms with Gasteiger partial charge in [0.05, 0.1) is 0 Å². The van der Waals surface area contributed by atoms with Crippen LogP contribution in [0.1, 0.15) is 22.3 Å². The molecule has 0 aliphatic carbocycles. The number of rotatable bonds is 5. The van der Waals surface area contributed by atoms with Crippen molar-refractivity contribution in [2.24, 2.45) is 0 Å². The van der Waals surface area contributed by atoms with Gasteiger partial charge in [-0.25, -0.2) is 0 Å². The molecule has 2 aromatic carbocycles. The van der Waals surface area contributed by atoms with Crippen LogP contribution in [0.3, 0.4) is 0 Å². The van der Waals surface area contributed by atoms with Crippen LogP contribution in [0.25, 0.3) is 0 Å². The van der Waals surface area contributed by atoms with Crippen molar-refractivity contribution in [3.63, 3.8) is 0 Å². The Hall–Kier alpha value is -2.47. The van der Waals surface area contributed by atoms with Gasteiger partial charge in [-0.3, -0.25) is 0 Å². The van der Waals surface area contributed by atoms with Crippen LogP contribution >= 0.6 is 0 Å². The number of hydrogen-bond donors (Lipinski definition) is 1. The van der Waals surface area contributed by atoms with Gasteiger partial charge in [-0.15, -0.1) is 0 Å². The number of aryl methyl sites for hydroxylation is 3. The Morgan fingerprint density at radius 1 is 1.05 bits per heavy atom. The lowest BCUT2D eigenvalue weighted by molar-refractivity contribution is 0.368. The number of nitrogens with zero attached hydrogens (tertiary/aromatic N) is 1. The summed E-state index contributed by atoms with van der Waals surface area (Å²) >= 11 is 0. The summed E-state index contributed by atoms with van der Waals surface area (Å²) in [5.74, 6) is 0.713. The van der Waals surface area contributed by atoms with Gasteiger partial charge < -0.3 is 10.1 Å². The molecule has 0 heterocycles. The Labute approximate surface area is 126 Å². The first-order valence-electron chi connectivity index (χ1n) is 7.00. The molecule has 0 aliphatic rings. The SMILES string of the molecule is Cc1cc(C)c(CNc2ccc(OCC#N)cc2)c(C)c1. The van der Waals surface area contributed by atoms with Gasteiger partial charge in [0.2, 0.25) is 0 Å². The predicted octanol–water partition coefficient (Wildman–Crippen LogP) is 4.13. The molecule has 3 nitrogen and oxygen atoms in total. The minimum atomic E-state index is 0.0779. The summed E-state index contributed by atoms with van der Waals surface area (Å²) in [6.45, 7) is 7.30. The molecule has 0 aromatic heterocycles. The molecule has 0 bridgehead atoms. The predicted molar refractivity (Wildman–Crippen MR) is 85.5 cm³/mol. The van der Waals surface area contributed by atoms with E-state index in [1.165, 1.54) is 22.3 Å². The smallest absolute Gasteiger partial charge is 0.174 e. The van der Waals surface area contributed by atoms with Crippen molar-refractivity contribution >= 4 is 5.69 Å². The number of hydrogen-bond acceptors (Lipinski definition) is 3. The van der Waals surface area contributed by atoms with Gasteiger partial charge in [-0.1, -0.05) is 17.7 Å². The van der Waals surface area contributed by atoms with Crippen molar-refractivity contribution in [2.45, 2.75) is 27.3 Å². The van der Waals surface area contributed by atoms with Crippen LogP contribution in [0.2, 0.25) is 0 Å². The maximum atomic E-state index is 8.48. The van der Waals surface area contributed by atoms with Crippen LogP contribution in [0, 0.1) is 32.1 Å². The molecule has 2 rings (SSSR count). The Kier molecular flexibility index (Phi) is 4.84. The molecule has 0 unspecified atom stereocenters. The van der Waals surface area contributed by atoms with Gasteiger partial charge in [0.25, 0.3) is 0 Å². The molecule has 1 N–H and O–H groups in total. The molecule has 0 radical (unpaired) electrons. The van der Waals surface area contributed by atoms with E-state index in [9.17, 15) is 0 Å². The van der Waals surface area contributed by atoms with Crippen LogP contribution in [0.15, 0.2) is 36.4 Å². The number of anilines is 1. The molecule has 0 fully saturated rings. The van der Waals surface area contributed by atoms with E-state index < -0.39 is 0 Å². The molecule has 0 saturated carbocycles. The first-order valence-corrected chi connectivity index (χ1v) is 7.00. The van der Waals surface area contributed by atoms with E-state index in [0.717, 1.165) is 12.2 Å². The second-order valence-electron chi connectivity index (χ2n) is 5.20. The Morgan fingerprint density at radius 3 is 2.24 bits per heavy atom. The molecular formula is C18H20N2O. The van der Waals surface area contributed by atoms with Crippen molar-refractivity contribution in [1.29, 1.82) is 5.26 Å². The largest absolute Gasteiger partial charge is 0.479 e. The Morgan fingerprint density at radius 2 is 1.67 bits per heavy atom. The topological polar surface area (TPSA) is 45.0 Å². The number of ether oxygens (including phenoxy) is 1. The molecule has 21 heavy (non-hydrogen) atoms. The molecule has 0 saturated heterocycles. The maximum absolute atomic E-state index is 8.48. The van der Waals surface area contributed by atoms with E-state index in [0.29, 0.717) is 5.75 Å². The van der Waals surface area contributed by atoms with Crippen LogP contribution < -0.4 is 10.1 Å². The Bertz CT molecular complexity index is 631. The number of nitrogens with one attached hydrogen (secondary N) is 1. The minimum Gasteiger partial charge on any atom is -0.479 e. The van der Waals surface area contributed by atoms with Gasteiger partial charge in [0, 0.05) is 12.2 Å². The zero-order valence-electron chi connectivity index (χ0n) is 12.7. The summed E-state index contributed by atoms with van der Waals surface area (Å²) in [6.07, 6.45) is 0. The van der Waals surface area contributed by atoms with E-state index in [1.54, 1.807) is 0 Å². The molecular weight excluding hydrogens is 260 g/mol. The first kappa shape index (κ1) is 14.9. The average Bonchev–Trinajstić information content (AvgIpc) is 2.45. The molecule has 0 spiro atoms. The van der Waals surface area contributed by atoms with Crippen LogP contribution in [0.4, 0.5) is 5.69 Å². The number of nitriles is 1. The van der Waals surface area contributed by atoms with Crippen molar-refractivity contribution in [2.75, 3.05) is 11.9 Å². The lowest BCUT2D eigenvalue weighted by Gasteiger charge is -2.13. The van der Waals surface area contributed by atoms with Gasteiger partial charge in [0.15, 0.2) is 6.61 Å². The standard InChI is InChI=1S/C18H20N2O/c1-13-10-14(2)18(15(3)11-13)12-20-16-4-6-17(7-5-16)21-9-8-19/h4-7,10-11,20H,9,12H2,1-3H3. The quantitative estimate of drug-likeness (QED) is 0.895. The second-order valence-corrected chi connectivity index (χ2v) is 5.20. The third-order valence-electron chi connectivity index (χ3n) is 3.47. The number of benzene rings is 2. The van der Waals surface area contributed by atoms with Gasteiger partial charge in [-0.05, 0) is 61.7 Å². The lowest BCUT2D eigenvalue weighted by Crippen LogP contribution is -2.04. The van der Waals surface area contributed by atoms with Crippen molar-refractivity contribution < 1.29 is 4.74 Å². The van der Waals surface area contributed by atoms with E-state index in [1.807, 2.05) is 30.3 Å². The second kappa shape index (κ2) is 6.81. The summed E-state index contributed by atoms with van der Waals surface area (Å²) in [4.78, 5) is 0. The van der Waals surface area contributed by atoms with E-state index >= 15 is 0 Å². The first-order chi connectivity index (χ1) is 10.1. The van der Waals surface area contributed by atoms with Crippen LogP contribution in [-0.4, -0.2) is 6.61 Å². The van der Waals surface area contributed by atoms with Crippen molar-refractivity contribution in [3.8, 4) is 11.8 Å². The Balaban J connectivity index is 2.02. The zero-order chi connectivity index (χ0) is 15.2. The fourth-order valence-corrected chi connectivity index (χ4v) is 2.46. The molecule has 0 aliphatic heterocycles. The zero-order valence-corrected chi connectivity index (χ0v) is 12.7. The molecule has 3 heteroatoms. The lowest BCUT2D eigenvalue weighted by atomic mass is 10.00. The summed E-state index contributed by atoms with van der Waals surface area (Å²) in [5.41, 5.74) is 6.31. The van der Waals surface area contributed by atoms with Gasteiger partial charge >= 0.3 is 0 Å². The van der Waals surface area contributed by atoms with E-state index in [2.05, 4.69) is 38.2 Å². The summed E-state index contributed by atoms with van der Waals surface area (Å²) in [7, 11) is 0. The molecule has 0 atom stereocenters. The monoisotopic (exact) mass is 280 g/mol. The minimum absolute atomic E-state index is 0.0779. The highest BCUT2D eigenvalue weighted by Crippen LogP contribution is 2.20. The highest BCUT2D eigenvalue weighted by molar-refractivity contribution is 5.48. The molecule has 108 valence electrons. The average molecular weight is 280 g/mol. The maximum Gasteiger partial charge on any atom is 0.174 e. The highest BCUT2D eigenvalue weighted by Gasteiger charge is 2.04. The highest BCUT2D eigenvalue weighted by atomic mass is 16.5.